The number of pyridine rings is 1. The highest BCUT2D eigenvalue weighted by molar-refractivity contribution is 6.30. The lowest BCUT2D eigenvalue weighted by Gasteiger charge is -2.18. The summed E-state index contributed by atoms with van der Waals surface area (Å²) in [5, 5.41) is 0.581. The van der Waals surface area contributed by atoms with Crippen LogP contribution in [0.25, 0.3) is 0 Å². The number of aryl methyl sites for hydroxylation is 1. The van der Waals surface area contributed by atoms with Gasteiger partial charge in [-0.3, -0.25) is 0 Å². The fourth-order valence-corrected chi connectivity index (χ4v) is 1.84. The molecule has 1 atom stereocenters. The van der Waals surface area contributed by atoms with E-state index in [0.717, 1.165) is 30.8 Å². The molecular weight excluding hydrogens is 198 g/mol. The molecule has 14 heavy (non-hydrogen) atoms. The van der Waals surface area contributed by atoms with Crippen LogP contribution in [-0.2, 0) is 0 Å². The van der Waals surface area contributed by atoms with E-state index in [4.69, 9.17) is 17.3 Å². The first-order valence-corrected chi connectivity index (χ1v) is 5.17. The zero-order chi connectivity index (χ0) is 10.1. The first kappa shape index (κ1) is 9.74. The number of hydrogen-bond donors (Lipinski definition) is 1. The Labute approximate surface area is 88.9 Å². The number of aromatic nitrogens is 1. The molecule has 1 aromatic rings. The highest BCUT2D eigenvalue weighted by Gasteiger charge is 2.19. The van der Waals surface area contributed by atoms with Gasteiger partial charge in [0.05, 0.1) is 11.9 Å². The van der Waals surface area contributed by atoms with Crippen LogP contribution in [0.4, 0.5) is 5.69 Å². The van der Waals surface area contributed by atoms with Crippen LogP contribution in [0.1, 0.15) is 12.0 Å². The number of halogens is 1. The Bertz CT molecular complexity index is 340. The van der Waals surface area contributed by atoms with Crippen molar-refractivity contribution in [3.63, 3.8) is 0 Å². The third-order valence-corrected chi connectivity index (χ3v) is 2.99. The molecule has 0 spiro atoms. The van der Waals surface area contributed by atoms with Crippen LogP contribution in [-0.4, -0.2) is 24.1 Å². The van der Waals surface area contributed by atoms with Crippen LogP contribution in [0.2, 0.25) is 5.15 Å². The van der Waals surface area contributed by atoms with E-state index in [0.29, 0.717) is 11.2 Å². The Balaban J connectivity index is 2.20. The summed E-state index contributed by atoms with van der Waals surface area (Å²) in [6, 6.07) is 2.36. The summed E-state index contributed by atoms with van der Waals surface area (Å²) in [5.41, 5.74) is 7.99. The minimum Gasteiger partial charge on any atom is -0.369 e. The van der Waals surface area contributed by atoms with Crippen molar-refractivity contribution >= 4 is 17.3 Å². The molecule has 0 aromatic carbocycles. The molecular formula is C10H14ClN3. The monoisotopic (exact) mass is 211 g/mol. The van der Waals surface area contributed by atoms with E-state index >= 15 is 0 Å². The van der Waals surface area contributed by atoms with Crippen molar-refractivity contribution in [2.24, 2.45) is 5.73 Å². The van der Waals surface area contributed by atoms with Crippen LogP contribution in [0.3, 0.4) is 0 Å². The fourth-order valence-electron chi connectivity index (χ4n) is 1.74. The maximum atomic E-state index is 5.86. The molecule has 76 valence electrons. The number of nitrogens with zero attached hydrogens (tertiary/aromatic N) is 2. The summed E-state index contributed by atoms with van der Waals surface area (Å²) >= 11 is 5.86. The van der Waals surface area contributed by atoms with Gasteiger partial charge in [0.2, 0.25) is 0 Å². The van der Waals surface area contributed by atoms with Crippen molar-refractivity contribution in [2.75, 3.05) is 18.0 Å². The first-order chi connectivity index (χ1) is 6.66. The molecule has 4 heteroatoms. The Morgan fingerprint density at radius 2 is 2.43 bits per heavy atom. The van der Waals surface area contributed by atoms with E-state index in [2.05, 4.69) is 16.0 Å². The van der Waals surface area contributed by atoms with Crippen LogP contribution in [0.5, 0.6) is 0 Å². The molecule has 1 fully saturated rings. The molecule has 3 nitrogen and oxygen atoms in total. The molecule has 0 unspecified atom stereocenters. The van der Waals surface area contributed by atoms with E-state index in [-0.39, 0.29) is 0 Å². The van der Waals surface area contributed by atoms with E-state index in [9.17, 15) is 0 Å². The quantitative estimate of drug-likeness (QED) is 0.718. The molecule has 2 heterocycles. The van der Waals surface area contributed by atoms with Gasteiger partial charge in [0.25, 0.3) is 0 Å². The first-order valence-electron chi connectivity index (χ1n) is 4.79. The third-order valence-electron chi connectivity index (χ3n) is 2.59. The summed E-state index contributed by atoms with van der Waals surface area (Å²) in [6.07, 6.45) is 2.87. The SMILES string of the molecule is Cc1cc(N2CC[C@@H](N)C2)cnc1Cl. The van der Waals surface area contributed by atoms with Crippen LogP contribution in [0, 0.1) is 6.92 Å². The highest BCUT2D eigenvalue weighted by atomic mass is 35.5. The molecule has 0 bridgehead atoms. The Hall–Kier alpha value is -0.800. The van der Waals surface area contributed by atoms with Crippen LogP contribution in [0.15, 0.2) is 12.3 Å². The van der Waals surface area contributed by atoms with Crippen molar-refractivity contribution in [1.82, 2.24) is 4.98 Å². The third kappa shape index (κ3) is 1.83. The summed E-state index contributed by atoms with van der Waals surface area (Å²) < 4.78 is 0. The van der Waals surface area contributed by atoms with E-state index in [1.165, 1.54) is 0 Å². The maximum absolute atomic E-state index is 5.86. The van der Waals surface area contributed by atoms with Crippen molar-refractivity contribution in [2.45, 2.75) is 19.4 Å². The number of hydrogen-bond acceptors (Lipinski definition) is 3. The van der Waals surface area contributed by atoms with Gasteiger partial charge in [-0.2, -0.15) is 0 Å². The topological polar surface area (TPSA) is 42.1 Å². The second kappa shape index (κ2) is 3.75. The minimum atomic E-state index is 0.297. The summed E-state index contributed by atoms with van der Waals surface area (Å²) in [7, 11) is 0. The lowest BCUT2D eigenvalue weighted by atomic mass is 10.3. The Kier molecular flexibility index (Phi) is 2.61. The lowest BCUT2D eigenvalue weighted by molar-refractivity contribution is 0.752. The second-order valence-corrected chi connectivity index (χ2v) is 4.15. The molecule has 0 saturated carbocycles. The number of nitrogens with two attached hydrogens (primary N) is 1. The van der Waals surface area contributed by atoms with Crippen LogP contribution < -0.4 is 10.6 Å². The van der Waals surface area contributed by atoms with Crippen LogP contribution >= 0.6 is 11.6 Å². The molecule has 2 rings (SSSR count). The van der Waals surface area contributed by atoms with Gasteiger partial charge in [-0.15, -0.1) is 0 Å². The van der Waals surface area contributed by atoms with Gasteiger partial charge < -0.3 is 10.6 Å². The minimum absolute atomic E-state index is 0.297. The van der Waals surface area contributed by atoms with Gasteiger partial charge in [0.1, 0.15) is 5.15 Å². The van der Waals surface area contributed by atoms with Crippen molar-refractivity contribution in [1.29, 1.82) is 0 Å². The zero-order valence-electron chi connectivity index (χ0n) is 8.20. The fraction of sp³-hybridized carbons (Fsp3) is 0.500. The number of anilines is 1. The maximum Gasteiger partial charge on any atom is 0.132 e. The average molecular weight is 212 g/mol. The molecule has 2 N–H and O–H groups in total. The predicted molar refractivity (Wildman–Crippen MR) is 58.8 cm³/mol. The predicted octanol–water partition coefficient (Wildman–Crippen LogP) is 1.58. The molecule has 0 aliphatic carbocycles. The lowest BCUT2D eigenvalue weighted by Crippen LogP contribution is -2.26. The smallest absolute Gasteiger partial charge is 0.132 e. The largest absolute Gasteiger partial charge is 0.369 e. The summed E-state index contributed by atoms with van der Waals surface area (Å²) in [5.74, 6) is 0. The normalized spacial score (nSPS) is 21.6. The van der Waals surface area contributed by atoms with E-state index in [1.807, 2.05) is 13.1 Å². The standard InChI is InChI=1S/C10H14ClN3/c1-7-4-9(5-13-10(7)11)14-3-2-8(12)6-14/h4-5,8H,2-3,6,12H2,1H3/t8-/m1/s1. The Morgan fingerprint density at radius 3 is 3.00 bits per heavy atom. The van der Waals surface area contributed by atoms with Gasteiger partial charge >= 0.3 is 0 Å². The van der Waals surface area contributed by atoms with Gasteiger partial charge in [-0.25, -0.2) is 4.98 Å². The van der Waals surface area contributed by atoms with Gasteiger partial charge in [-0.1, -0.05) is 11.6 Å². The molecule has 1 aliphatic rings. The molecule has 0 amide bonds. The van der Waals surface area contributed by atoms with Crippen molar-refractivity contribution in [3.8, 4) is 0 Å². The molecule has 1 aromatic heterocycles. The van der Waals surface area contributed by atoms with Crippen molar-refractivity contribution in [3.05, 3.63) is 23.0 Å². The van der Waals surface area contributed by atoms with Gasteiger partial charge in [0.15, 0.2) is 0 Å². The molecule has 1 saturated heterocycles. The van der Waals surface area contributed by atoms with Crippen molar-refractivity contribution < 1.29 is 0 Å². The number of rotatable bonds is 1. The average Bonchev–Trinajstić information content (AvgIpc) is 2.57. The summed E-state index contributed by atoms with van der Waals surface area (Å²) in [6.45, 7) is 3.90. The second-order valence-electron chi connectivity index (χ2n) is 3.80. The molecule has 1 aliphatic heterocycles. The molecule has 0 radical (unpaired) electrons. The Morgan fingerprint density at radius 1 is 1.64 bits per heavy atom. The zero-order valence-corrected chi connectivity index (χ0v) is 8.96. The van der Waals surface area contributed by atoms with E-state index < -0.39 is 0 Å². The van der Waals surface area contributed by atoms with E-state index in [1.54, 1.807) is 0 Å². The summed E-state index contributed by atoms with van der Waals surface area (Å²) in [4.78, 5) is 6.38. The highest BCUT2D eigenvalue weighted by Crippen LogP contribution is 2.22. The van der Waals surface area contributed by atoms with Gasteiger partial charge in [0, 0.05) is 19.1 Å². The van der Waals surface area contributed by atoms with Gasteiger partial charge in [-0.05, 0) is 25.0 Å².